The van der Waals surface area contributed by atoms with Crippen molar-refractivity contribution in [3.63, 3.8) is 0 Å². The van der Waals surface area contributed by atoms with Crippen molar-refractivity contribution in [1.29, 1.82) is 0 Å². The molecule has 2 N–H and O–H groups in total. The van der Waals surface area contributed by atoms with Gasteiger partial charge in [-0.05, 0) is 39.3 Å². The second-order valence-corrected chi connectivity index (χ2v) is 4.80. The Labute approximate surface area is 91.4 Å². The fourth-order valence-electron chi connectivity index (χ4n) is 2.55. The van der Waals surface area contributed by atoms with Crippen molar-refractivity contribution in [2.24, 2.45) is 5.73 Å². The van der Waals surface area contributed by atoms with E-state index in [-0.39, 0.29) is 6.04 Å². The first-order chi connectivity index (χ1) is 7.18. The Kier molecular flexibility index (Phi) is 3.26. The molecule has 1 amide bonds. The molecular formula is C11H21N3O. The van der Waals surface area contributed by atoms with E-state index in [1.165, 1.54) is 0 Å². The van der Waals surface area contributed by atoms with Crippen LogP contribution in [0.1, 0.15) is 25.7 Å². The fraction of sp³-hybridized carbons (Fsp3) is 0.909. The lowest BCUT2D eigenvalue weighted by Gasteiger charge is -2.33. The molecule has 4 heteroatoms. The van der Waals surface area contributed by atoms with Gasteiger partial charge in [-0.1, -0.05) is 0 Å². The predicted molar refractivity (Wildman–Crippen MR) is 59.4 cm³/mol. The maximum Gasteiger partial charge on any atom is 0.239 e. The molecule has 1 atom stereocenters. The summed E-state index contributed by atoms with van der Waals surface area (Å²) < 4.78 is 0. The maximum atomic E-state index is 12.2. The molecular weight excluding hydrogens is 190 g/mol. The molecule has 0 aromatic carbocycles. The normalized spacial score (nSPS) is 29.7. The Bertz CT molecular complexity index is 236. The molecule has 86 valence electrons. The molecule has 2 fully saturated rings. The summed E-state index contributed by atoms with van der Waals surface area (Å²) in [5.74, 6) is 0.321. The van der Waals surface area contributed by atoms with Gasteiger partial charge in [0.15, 0.2) is 0 Å². The highest BCUT2D eigenvalue weighted by Gasteiger charge is 2.32. The lowest BCUT2D eigenvalue weighted by molar-refractivity contribution is -0.136. The number of hydrogen-bond donors (Lipinski definition) is 1. The molecule has 0 aliphatic carbocycles. The summed E-state index contributed by atoms with van der Waals surface area (Å²) in [5.41, 5.74) is 5.83. The molecule has 2 aliphatic rings. The van der Waals surface area contributed by atoms with E-state index in [1.807, 2.05) is 11.9 Å². The third-order valence-electron chi connectivity index (χ3n) is 3.66. The van der Waals surface area contributed by atoms with Crippen LogP contribution in [0.15, 0.2) is 0 Å². The van der Waals surface area contributed by atoms with Crippen LogP contribution in [0.2, 0.25) is 0 Å². The van der Waals surface area contributed by atoms with Crippen LogP contribution in [0.3, 0.4) is 0 Å². The average Bonchev–Trinajstić information content (AvgIpc) is 2.65. The van der Waals surface area contributed by atoms with Crippen molar-refractivity contribution < 1.29 is 4.79 Å². The first kappa shape index (κ1) is 10.9. The molecule has 2 aliphatic heterocycles. The molecule has 2 heterocycles. The number of likely N-dealkylation sites (N-methyl/N-ethyl adjacent to an activating group) is 1. The molecule has 2 saturated heterocycles. The summed E-state index contributed by atoms with van der Waals surface area (Å²) in [5, 5.41) is 0. The van der Waals surface area contributed by atoms with Crippen LogP contribution in [0, 0.1) is 0 Å². The Morgan fingerprint density at radius 3 is 2.40 bits per heavy atom. The van der Waals surface area contributed by atoms with Crippen molar-refractivity contribution in [3.05, 3.63) is 0 Å². The van der Waals surface area contributed by atoms with Gasteiger partial charge in [-0.2, -0.15) is 0 Å². The van der Waals surface area contributed by atoms with Crippen molar-refractivity contribution in [1.82, 2.24) is 9.80 Å². The first-order valence-electron chi connectivity index (χ1n) is 5.93. The molecule has 0 radical (unpaired) electrons. The van der Waals surface area contributed by atoms with E-state index in [0.29, 0.717) is 11.9 Å². The molecule has 0 spiro atoms. The molecule has 15 heavy (non-hydrogen) atoms. The molecule has 0 aromatic heterocycles. The Morgan fingerprint density at radius 1 is 1.20 bits per heavy atom. The summed E-state index contributed by atoms with van der Waals surface area (Å²) in [6.07, 6.45) is 4.10. The number of hydrogen-bond acceptors (Lipinski definition) is 3. The highest BCUT2D eigenvalue weighted by Crippen LogP contribution is 2.19. The summed E-state index contributed by atoms with van der Waals surface area (Å²) in [6.45, 7) is 2.76. The Balaban J connectivity index is 1.90. The predicted octanol–water partition coefficient (Wildman–Crippen LogP) is 0.0303. The van der Waals surface area contributed by atoms with Gasteiger partial charge in [0.1, 0.15) is 0 Å². The summed E-state index contributed by atoms with van der Waals surface area (Å²) in [4.78, 5) is 16.3. The highest BCUT2D eigenvalue weighted by atomic mass is 16.2. The minimum Gasteiger partial charge on any atom is -0.341 e. The molecule has 0 aromatic rings. The van der Waals surface area contributed by atoms with E-state index in [1.54, 1.807) is 0 Å². The average molecular weight is 211 g/mol. The fourth-order valence-corrected chi connectivity index (χ4v) is 2.55. The Hall–Kier alpha value is -0.610. The van der Waals surface area contributed by atoms with E-state index in [0.717, 1.165) is 45.3 Å². The van der Waals surface area contributed by atoms with Gasteiger partial charge in [0.25, 0.3) is 0 Å². The van der Waals surface area contributed by atoms with Crippen LogP contribution in [0.4, 0.5) is 0 Å². The molecule has 4 nitrogen and oxygen atoms in total. The summed E-state index contributed by atoms with van der Waals surface area (Å²) in [6, 6.07) is 0.440. The zero-order chi connectivity index (χ0) is 10.8. The number of nitrogens with zero attached hydrogens (tertiary/aromatic N) is 2. The van der Waals surface area contributed by atoms with Crippen molar-refractivity contribution in [2.45, 2.75) is 37.8 Å². The number of carbonyl (C=O) groups excluding carboxylic acids is 1. The summed E-state index contributed by atoms with van der Waals surface area (Å²) in [7, 11) is 2.05. The van der Waals surface area contributed by atoms with Crippen LogP contribution in [-0.4, -0.2) is 54.5 Å². The van der Waals surface area contributed by atoms with Gasteiger partial charge in [0.05, 0.1) is 6.04 Å². The third-order valence-corrected chi connectivity index (χ3v) is 3.66. The van der Waals surface area contributed by atoms with Crippen LogP contribution < -0.4 is 5.73 Å². The van der Waals surface area contributed by atoms with Gasteiger partial charge in [0, 0.05) is 19.1 Å². The van der Waals surface area contributed by atoms with Crippen LogP contribution in [0.25, 0.3) is 0 Å². The SMILES string of the molecule is CN1CCC[C@H]1C(=O)N1CCC(N)CC1. The molecule has 2 rings (SSSR count). The minimum absolute atomic E-state index is 0.138. The second kappa shape index (κ2) is 4.49. The molecule has 0 unspecified atom stereocenters. The number of nitrogens with two attached hydrogens (primary N) is 1. The number of rotatable bonds is 1. The zero-order valence-corrected chi connectivity index (χ0v) is 9.48. The lowest BCUT2D eigenvalue weighted by Crippen LogP contribution is -2.49. The van der Waals surface area contributed by atoms with E-state index >= 15 is 0 Å². The first-order valence-corrected chi connectivity index (χ1v) is 5.93. The Morgan fingerprint density at radius 2 is 1.87 bits per heavy atom. The maximum absolute atomic E-state index is 12.2. The van der Waals surface area contributed by atoms with Crippen LogP contribution >= 0.6 is 0 Å². The van der Waals surface area contributed by atoms with Gasteiger partial charge in [-0.3, -0.25) is 9.69 Å². The number of piperidine rings is 1. The number of likely N-dealkylation sites (tertiary alicyclic amines) is 2. The van der Waals surface area contributed by atoms with E-state index in [4.69, 9.17) is 5.73 Å². The topological polar surface area (TPSA) is 49.6 Å². The van der Waals surface area contributed by atoms with E-state index < -0.39 is 0 Å². The quantitative estimate of drug-likeness (QED) is 0.666. The monoisotopic (exact) mass is 211 g/mol. The van der Waals surface area contributed by atoms with Gasteiger partial charge in [-0.15, -0.1) is 0 Å². The minimum atomic E-state index is 0.138. The molecule has 0 saturated carbocycles. The van der Waals surface area contributed by atoms with Gasteiger partial charge >= 0.3 is 0 Å². The number of carbonyl (C=O) groups is 1. The van der Waals surface area contributed by atoms with Gasteiger partial charge < -0.3 is 10.6 Å². The zero-order valence-electron chi connectivity index (χ0n) is 9.48. The second-order valence-electron chi connectivity index (χ2n) is 4.80. The van der Waals surface area contributed by atoms with E-state index in [2.05, 4.69) is 4.90 Å². The smallest absolute Gasteiger partial charge is 0.239 e. The summed E-state index contributed by atoms with van der Waals surface area (Å²) >= 11 is 0. The highest BCUT2D eigenvalue weighted by molar-refractivity contribution is 5.82. The third kappa shape index (κ3) is 2.32. The van der Waals surface area contributed by atoms with Crippen LogP contribution in [-0.2, 0) is 4.79 Å². The standard InChI is InChI=1S/C11H21N3O/c1-13-6-2-3-10(13)11(15)14-7-4-9(12)5-8-14/h9-10H,2-8,12H2,1H3/t10-/m0/s1. The molecule has 0 bridgehead atoms. The largest absolute Gasteiger partial charge is 0.341 e. The van der Waals surface area contributed by atoms with Crippen molar-refractivity contribution in [2.75, 3.05) is 26.7 Å². The lowest BCUT2D eigenvalue weighted by atomic mass is 10.0. The van der Waals surface area contributed by atoms with E-state index in [9.17, 15) is 4.79 Å². The number of amides is 1. The van der Waals surface area contributed by atoms with Gasteiger partial charge in [0.2, 0.25) is 5.91 Å². The van der Waals surface area contributed by atoms with Crippen molar-refractivity contribution >= 4 is 5.91 Å². The van der Waals surface area contributed by atoms with Crippen LogP contribution in [0.5, 0.6) is 0 Å². The van der Waals surface area contributed by atoms with Crippen molar-refractivity contribution in [3.8, 4) is 0 Å². The van der Waals surface area contributed by atoms with Gasteiger partial charge in [-0.25, -0.2) is 0 Å².